The average molecular weight is 419 g/mol. The minimum Gasteiger partial charge on any atom is -0.347 e. The van der Waals surface area contributed by atoms with Crippen LogP contribution in [0, 0.1) is 5.82 Å². The highest BCUT2D eigenvalue weighted by Gasteiger charge is 2.30. The highest BCUT2D eigenvalue weighted by atomic mass is 32.2. The van der Waals surface area contributed by atoms with Crippen molar-refractivity contribution in [1.82, 2.24) is 14.5 Å². The molecule has 154 valence electrons. The number of amides is 2. The van der Waals surface area contributed by atoms with E-state index in [1.165, 1.54) is 27.4 Å². The summed E-state index contributed by atoms with van der Waals surface area (Å²) in [6, 6.07) is 14.1. The molecule has 0 bridgehead atoms. The normalized spacial score (nSPS) is 15.1. The fourth-order valence-corrected chi connectivity index (χ4v) is 4.54. The fraction of sp³-hybridized carbons (Fsp3) is 0.300. The van der Waals surface area contributed by atoms with E-state index in [9.17, 15) is 22.4 Å². The van der Waals surface area contributed by atoms with Crippen molar-refractivity contribution in [3.63, 3.8) is 0 Å². The first-order valence-corrected chi connectivity index (χ1v) is 10.6. The van der Waals surface area contributed by atoms with E-state index in [1.54, 1.807) is 0 Å². The Morgan fingerprint density at radius 1 is 0.966 bits per heavy atom. The maximum absolute atomic E-state index is 13.3. The van der Waals surface area contributed by atoms with Gasteiger partial charge in [0.1, 0.15) is 5.82 Å². The zero-order chi connectivity index (χ0) is 20.9. The molecular formula is C20H22FN3O4S. The van der Waals surface area contributed by atoms with Gasteiger partial charge in [-0.2, -0.15) is 4.31 Å². The predicted molar refractivity (Wildman–Crippen MR) is 105 cm³/mol. The van der Waals surface area contributed by atoms with E-state index in [4.69, 9.17) is 0 Å². The molecule has 29 heavy (non-hydrogen) atoms. The first-order chi connectivity index (χ1) is 13.9. The highest BCUT2D eigenvalue weighted by molar-refractivity contribution is 7.89. The van der Waals surface area contributed by atoms with Gasteiger partial charge in [-0.15, -0.1) is 0 Å². The topological polar surface area (TPSA) is 86.8 Å². The molecular weight excluding hydrogens is 397 g/mol. The van der Waals surface area contributed by atoms with Gasteiger partial charge in [-0.05, 0) is 23.8 Å². The third-order valence-electron chi connectivity index (χ3n) is 4.67. The number of sulfonamides is 1. The third kappa shape index (κ3) is 5.39. The maximum Gasteiger partial charge on any atom is 0.243 e. The second-order valence-electron chi connectivity index (χ2n) is 6.68. The van der Waals surface area contributed by atoms with Gasteiger partial charge in [0.2, 0.25) is 21.8 Å². The Morgan fingerprint density at radius 2 is 1.66 bits per heavy atom. The van der Waals surface area contributed by atoms with Crippen LogP contribution < -0.4 is 5.32 Å². The number of piperazine rings is 1. The van der Waals surface area contributed by atoms with Crippen LogP contribution in [0.15, 0.2) is 59.5 Å². The molecule has 1 aliphatic rings. The smallest absolute Gasteiger partial charge is 0.243 e. The Bertz CT molecular complexity index is 974. The van der Waals surface area contributed by atoms with Crippen LogP contribution in [0.2, 0.25) is 0 Å². The third-order valence-corrected chi connectivity index (χ3v) is 6.56. The van der Waals surface area contributed by atoms with E-state index in [0.717, 1.165) is 11.6 Å². The van der Waals surface area contributed by atoms with E-state index >= 15 is 0 Å². The summed E-state index contributed by atoms with van der Waals surface area (Å²) in [5.74, 6) is -1.14. The van der Waals surface area contributed by atoms with Gasteiger partial charge < -0.3 is 10.2 Å². The van der Waals surface area contributed by atoms with Crippen LogP contribution in [0.5, 0.6) is 0 Å². The molecule has 1 heterocycles. The molecule has 3 rings (SSSR count). The van der Waals surface area contributed by atoms with Gasteiger partial charge in [0.15, 0.2) is 0 Å². The minimum atomic E-state index is -3.81. The molecule has 1 fully saturated rings. The second kappa shape index (κ2) is 9.15. The van der Waals surface area contributed by atoms with E-state index in [1.807, 2.05) is 30.3 Å². The lowest BCUT2D eigenvalue weighted by atomic mass is 10.1. The summed E-state index contributed by atoms with van der Waals surface area (Å²) in [4.78, 5) is 25.7. The number of rotatable bonds is 6. The van der Waals surface area contributed by atoms with Crippen molar-refractivity contribution in [2.75, 3.05) is 32.7 Å². The number of hydrogen-bond acceptors (Lipinski definition) is 4. The zero-order valence-corrected chi connectivity index (χ0v) is 16.6. The van der Waals surface area contributed by atoms with Gasteiger partial charge in [-0.3, -0.25) is 9.59 Å². The molecule has 2 aromatic rings. The van der Waals surface area contributed by atoms with Crippen LogP contribution in [-0.4, -0.2) is 62.2 Å². The first kappa shape index (κ1) is 20.9. The van der Waals surface area contributed by atoms with Gasteiger partial charge in [0, 0.05) is 26.2 Å². The number of carbonyl (C=O) groups excluding carboxylic acids is 2. The molecule has 0 atom stereocenters. The Balaban J connectivity index is 1.48. The van der Waals surface area contributed by atoms with Crippen molar-refractivity contribution in [3.8, 4) is 0 Å². The molecule has 0 spiro atoms. The van der Waals surface area contributed by atoms with Crippen molar-refractivity contribution in [2.45, 2.75) is 11.3 Å². The van der Waals surface area contributed by atoms with Crippen LogP contribution in [0.25, 0.3) is 0 Å². The molecule has 0 aromatic heterocycles. The van der Waals surface area contributed by atoms with Gasteiger partial charge in [-0.25, -0.2) is 12.8 Å². The maximum atomic E-state index is 13.3. The highest BCUT2D eigenvalue weighted by Crippen LogP contribution is 2.18. The van der Waals surface area contributed by atoms with Crippen molar-refractivity contribution in [2.24, 2.45) is 0 Å². The summed E-state index contributed by atoms with van der Waals surface area (Å²) in [6.45, 7) is 0.511. The molecule has 7 nitrogen and oxygen atoms in total. The number of carbonyl (C=O) groups is 2. The largest absolute Gasteiger partial charge is 0.347 e. The van der Waals surface area contributed by atoms with Crippen LogP contribution in [-0.2, 0) is 26.0 Å². The fourth-order valence-electron chi connectivity index (χ4n) is 3.08. The summed E-state index contributed by atoms with van der Waals surface area (Å²) in [7, 11) is -3.81. The molecule has 0 aliphatic carbocycles. The standard InChI is InChI=1S/C20H22FN3O4S/c21-17-7-4-8-18(14-17)29(27,28)24-11-9-23(10-12-24)20(26)15-22-19(25)13-16-5-2-1-3-6-16/h1-8,14H,9-13,15H2,(H,22,25). The Hall–Kier alpha value is -2.78. The van der Waals surface area contributed by atoms with E-state index in [2.05, 4.69) is 5.32 Å². The summed E-state index contributed by atoms with van der Waals surface area (Å²) >= 11 is 0. The average Bonchev–Trinajstić information content (AvgIpc) is 2.73. The Kier molecular flexibility index (Phi) is 6.60. The zero-order valence-electron chi connectivity index (χ0n) is 15.8. The van der Waals surface area contributed by atoms with Crippen molar-refractivity contribution in [1.29, 1.82) is 0 Å². The van der Waals surface area contributed by atoms with Gasteiger partial charge >= 0.3 is 0 Å². The molecule has 2 amide bonds. The summed E-state index contributed by atoms with van der Waals surface area (Å²) in [5, 5.41) is 2.60. The monoisotopic (exact) mass is 419 g/mol. The molecule has 0 unspecified atom stereocenters. The molecule has 0 saturated carbocycles. The number of benzene rings is 2. The van der Waals surface area contributed by atoms with E-state index in [-0.39, 0.29) is 55.9 Å². The molecule has 1 saturated heterocycles. The lowest BCUT2D eigenvalue weighted by Crippen LogP contribution is -2.52. The summed E-state index contributed by atoms with van der Waals surface area (Å²) in [5.41, 5.74) is 0.855. The lowest BCUT2D eigenvalue weighted by Gasteiger charge is -2.34. The quantitative estimate of drug-likeness (QED) is 0.757. The molecule has 0 radical (unpaired) electrons. The van der Waals surface area contributed by atoms with Gasteiger partial charge in [0.05, 0.1) is 17.9 Å². The van der Waals surface area contributed by atoms with Crippen LogP contribution in [0.4, 0.5) is 4.39 Å². The molecule has 1 N–H and O–H groups in total. The predicted octanol–water partition coefficient (Wildman–Crippen LogP) is 1.02. The number of nitrogens with zero attached hydrogens (tertiary/aromatic N) is 2. The molecule has 9 heteroatoms. The van der Waals surface area contributed by atoms with Gasteiger partial charge in [0.25, 0.3) is 0 Å². The summed E-state index contributed by atoms with van der Waals surface area (Å²) in [6.07, 6.45) is 0.188. The SMILES string of the molecule is O=C(Cc1ccccc1)NCC(=O)N1CCN(S(=O)(=O)c2cccc(F)c2)CC1. The molecule has 1 aliphatic heterocycles. The van der Waals surface area contributed by atoms with Crippen LogP contribution >= 0.6 is 0 Å². The minimum absolute atomic E-state index is 0.106. The van der Waals surface area contributed by atoms with Crippen LogP contribution in [0.1, 0.15) is 5.56 Å². The van der Waals surface area contributed by atoms with Crippen molar-refractivity contribution < 1.29 is 22.4 Å². The molecule has 2 aromatic carbocycles. The van der Waals surface area contributed by atoms with Crippen molar-refractivity contribution in [3.05, 3.63) is 66.0 Å². The lowest BCUT2D eigenvalue weighted by molar-refractivity contribution is -0.133. The summed E-state index contributed by atoms with van der Waals surface area (Å²) < 4.78 is 39.8. The first-order valence-electron chi connectivity index (χ1n) is 9.20. The Morgan fingerprint density at radius 3 is 2.31 bits per heavy atom. The van der Waals surface area contributed by atoms with E-state index < -0.39 is 15.8 Å². The van der Waals surface area contributed by atoms with Crippen LogP contribution in [0.3, 0.4) is 0 Å². The number of halogens is 1. The van der Waals surface area contributed by atoms with E-state index in [0.29, 0.717) is 0 Å². The number of hydrogen-bond donors (Lipinski definition) is 1. The van der Waals surface area contributed by atoms with Crippen molar-refractivity contribution >= 4 is 21.8 Å². The second-order valence-corrected chi connectivity index (χ2v) is 8.62. The van der Waals surface area contributed by atoms with Gasteiger partial charge in [-0.1, -0.05) is 36.4 Å². The Labute approximate surface area is 169 Å². The number of nitrogens with one attached hydrogen (secondary N) is 1.